The average Bonchev–Trinajstić information content (AvgIpc) is 3.24. The van der Waals surface area contributed by atoms with Crippen LogP contribution in [0.4, 0.5) is 0 Å². The third-order valence-corrected chi connectivity index (χ3v) is 9.30. The molecule has 0 bridgehead atoms. The SMILES string of the molecule is CCOC(=O)C(CC(=O)c1cn(S(=O)(=O)c2ccccc2)c2ccccc12)P(=O)(OCC)OCC. The van der Waals surface area contributed by atoms with Gasteiger partial charge in [0.25, 0.3) is 10.0 Å². The molecule has 0 aliphatic rings. The zero-order valence-corrected chi connectivity index (χ0v) is 21.5. The van der Waals surface area contributed by atoms with Crippen LogP contribution in [0.1, 0.15) is 37.6 Å². The highest BCUT2D eigenvalue weighted by molar-refractivity contribution is 7.90. The van der Waals surface area contributed by atoms with Crippen molar-refractivity contribution in [2.45, 2.75) is 37.7 Å². The van der Waals surface area contributed by atoms with E-state index in [2.05, 4.69) is 0 Å². The van der Waals surface area contributed by atoms with E-state index < -0.39 is 41.5 Å². The quantitative estimate of drug-likeness (QED) is 0.192. The summed E-state index contributed by atoms with van der Waals surface area (Å²) in [5, 5.41) is 0.377. The van der Waals surface area contributed by atoms with Crippen LogP contribution in [0.5, 0.6) is 0 Å². The third kappa shape index (κ3) is 5.56. The molecule has 0 spiro atoms. The normalized spacial score (nSPS) is 13.0. The van der Waals surface area contributed by atoms with Crippen molar-refractivity contribution in [3.63, 3.8) is 0 Å². The van der Waals surface area contributed by atoms with E-state index in [0.717, 1.165) is 3.97 Å². The summed E-state index contributed by atoms with van der Waals surface area (Å²) in [6, 6.07) is 14.4. The van der Waals surface area contributed by atoms with Gasteiger partial charge in [-0.05, 0) is 39.0 Å². The van der Waals surface area contributed by atoms with Crippen LogP contribution in [0.2, 0.25) is 0 Å². The first kappa shape index (κ1) is 26.8. The smallest absolute Gasteiger partial charge is 0.345 e. The number of fused-ring (bicyclic) bond motifs is 1. The highest BCUT2D eigenvalue weighted by Crippen LogP contribution is 2.55. The molecule has 0 fully saturated rings. The van der Waals surface area contributed by atoms with Gasteiger partial charge in [0, 0.05) is 23.6 Å². The van der Waals surface area contributed by atoms with Gasteiger partial charge in [-0.25, -0.2) is 12.4 Å². The third-order valence-electron chi connectivity index (χ3n) is 5.22. The number of rotatable bonds is 12. The Kier molecular flexibility index (Phi) is 8.66. The second-order valence-electron chi connectivity index (χ2n) is 7.44. The van der Waals surface area contributed by atoms with E-state index in [4.69, 9.17) is 13.8 Å². The highest BCUT2D eigenvalue weighted by atomic mass is 32.2. The zero-order chi connectivity index (χ0) is 25.6. The second kappa shape index (κ2) is 11.3. The van der Waals surface area contributed by atoms with E-state index in [1.165, 1.54) is 18.3 Å². The lowest BCUT2D eigenvalue weighted by atomic mass is 10.1. The Morgan fingerprint density at radius 2 is 1.51 bits per heavy atom. The molecular formula is C24H28NO8PS. The minimum absolute atomic E-state index is 0.00397. The van der Waals surface area contributed by atoms with Crippen molar-refractivity contribution in [1.82, 2.24) is 3.97 Å². The number of nitrogens with zero attached hydrogens (tertiary/aromatic N) is 1. The molecule has 11 heteroatoms. The van der Waals surface area contributed by atoms with Gasteiger partial charge in [-0.15, -0.1) is 0 Å². The standard InChI is InChI=1S/C24H28NO8PS/c1-4-31-24(27)23(34(28,32-5-2)33-6-3)16-22(26)20-17-25(21-15-11-10-14-19(20)21)35(29,30)18-12-8-7-9-13-18/h7-15,17,23H,4-6,16H2,1-3H3. The van der Waals surface area contributed by atoms with Crippen molar-refractivity contribution in [1.29, 1.82) is 0 Å². The van der Waals surface area contributed by atoms with Crippen LogP contribution >= 0.6 is 7.60 Å². The van der Waals surface area contributed by atoms with Gasteiger partial charge in [0.15, 0.2) is 11.4 Å². The fourth-order valence-electron chi connectivity index (χ4n) is 3.70. The first-order chi connectivity index (χ1) is 16.7. The number of para-hydroxylation sites is 1. The number of aromatic nitrogens is 1. The first-order valence-corrected chi connectivity index (χ1v) is 14.2. The number of esters is 1. The number of hydrogen-bond donors (Lipinski definition) is 0. The Hall–Kier alpha value is -2.78. The van der Waals surface area contributed by atoms with E-state index in [0.29, 0.717) is 10.9 Å². The summed E-state index contributed by atoms with van der Waals surface area (Å²) in [6.45, 7) is 4.78. The number of ether oxygens (including phenoxy) is 1. The van der Waals surface area contributed by atoms with Gasteiger partial charge in [0.2, 0.25) is 0 Å². The van der Waals surface area contributed by atoms with Crippen molar-refractivity contribution in [2.24, 2.45) is 0 Å². The van der Waals surface area contributed by atoms with E-state index >= 15 is 0 Å². The van der Waals surface area contributed by atoms with Gasteiger partial charge >= 0.3 is 13.6 Å². The molecule has 0 aliphatic heterocycles. The molecular weight excluding hydrogens is 493 g/mol. The van der Waals surface area contributed by atoms with Crippen molar-refractivity contribution < 1.29 is 36.4 Å². The summed E-state index contributed by atoms with van der Waals surface area (Å²) < 4.78 is 56.8. The molecule has 2 aromatic carbocycles. The monoisotopic (exact) mass is 521 g/mol. The van der Waals surface area contributed by atoms with Crippen LogP contribution in [0.25, 0.3) is 10.9 Å². The number of Topliss-reactive ketones (excluding diaryl/α,β-unsaturated/α-hetero) is 1. The van der Waals surface area contributed by atoms with Gasteiger partial charge < -0.3 is 13.8 Å². The van der Waals surface area contributed by atoms with Crippen molar-refractivity contribution in [3.05, 3.63) is 66.4 Å². The van der Waals surface area contributed by atoms with Crippen LogP contribution in [0.3, 0.4) is 0 Å². The maximum absolute atomic E-state index is 13.5. The molecule has 1 aromatic heterocycles. The fraction of sp³-hybridized carbons (Fsp3) is 0.333. The van der Waals surface area contributed by atoms with Gasteiger partial charge in [0.1, 0.15) is 0 Å². The summed E-state index contributed by atoms with van der Waals surface area (Å²) >= 11 is 0. The van der Waals surface area contributed by atoms with Gasteiger partial charge in [0.05, 0.1) is 30.2 Å². The lowest BCUT2D eigenvalue weighted by molar-refractivity contribution is -0.143. The number of benzene rings is 2. The molecule has 0 saturated heterocycles. The molecule has 9 nitrogen and oxygen atoms in total. The molecule has 0 radical (unpaired) electrons. The van der Waals surface area contributed by atoms with Gasteiger partial charge in [-0.1, -0.05) is 36.4 Å². The predicted octanol–water partition coefficient (Wildman–Crippen LogP) is 4.65. The molecule has 0 amide bonds. The predicted molar refractivity (Wildman–Crippen MR) is 131 cm³/mol. The molecule has 1 atom stereocenters. The fourth-order valence-corrected chi connectivity index (χ4v) is 6.97. The van der Waals surface area contributed by atoms with E-state index in [-0.39, 0.29) is 30.3 Å². The largest absolute Gasteiger partial charge is 0.465 e. The maximum Gasteiger partial charge on any atom is 0.345 e. The van der Waals surface area contributed by atoms with Crippen LogP contribution in [-0.2, 0) is 33.2 Å². The molecule has 3 rings (SSSR count). The van der Waals surface area contributed by atoms with Crippen molar-refractivity contribution in [3.8, 4) is 0 Å². The van der Waals surface area contributed by atoms with Gasteiger partial charge in [-0.2, -0.15) is 0 Å². The molecule has 0 aliphatic carbocycles. The maximum atomic E-state index is 13.5. The molecule has 1 unspecified atom stereocenters. The summed E-state index contributed by atoms with van der Waals surface area (Å²) in [5.41, 5.74) is -1.14. The molecule has 3 aromatic rings. The van der Waals surface area contributed by atoms with E-state index in [9.17, 15) is 22.6 Å². The summed E-state index contributed by atoms with van der Waals surface area (Å²) in [4.78, 5) is 26.2. The number of carbonyl (C=O) groups excluding carboxylic acids is 2. The molecule has 0 saturated carbocycles. The second-order valence-corrected chi connectivity index (χ2v) is 11.5. The summed E-state index contributed by atoms with van der Waals surface area (Å²) in [6.07, 6.45) is 0.680. The Balaban J connectivity index is 2.09. The molecule has 188 valence electrons. The van der Waals surface area contributed by atoms with E-state index in [1.54, 1.807) is 63.2 Å². The van der Waals surface area contributed by atoms with Crippen molar-refractivity contribution >= 4 is 40.3 Å². The molecule has 0 N–H and O–H groups in total. The first-order valence-electron chi connectivity index (χ1n) is 11.2. The van der Waals surface area contributed by atoms with Crippen LogP contribution in [-0.4, -0.2) is 49.6 Å². The Labute approximate surface area is 204 Å². The highest BCUT2D eigenvalue weighted by Gasteiger charge is 2.44. The number of ketones is 1. The Bertz CT molecular complexity index is 1340. The van der Waals surface area contributed by atoms with Crippen molar-refractivity contribution in [2.75, 3.05) is 19.8 Å². The number of carbonyl (C=O) groups is 2. The zero-order valence-electron chi connectivity index (χ0n) is 19.7. The lowest BCUT2D eigenvalue weighted by Crippen LogP contribution is -2.28. The minimum atomic E-state index is -4.04. The van der Waals surface area contributed by atoms with Crippen LogP contribution in [0.15, 0.2) is 65.7 Å². The topological polar surface area (TPSA) is 118 Å². The van der Waals surface area contributed by atoms with Crippen LogP contribution < -0.4 is 0 Å². The van der Waals surface area contributed by atoms with Gasteiger partial charge in [-0.3, -0.25) is 14.2 Å². The van der Waals surface area contributed by atoms with Crippen LogP contribution in [0, 0.1) is 0 Å². The molecule has 35 heavy (non-hydrogen) atoms. The molecule has 1 heterocycles. The Morgan fingerprint density at radius 1 is 0.914 bits per heavy atom. The lowest BCUT2D eigenvalue weighted by Gasteiger charge is -2.24. The Morgan fingerprint density at radius 3 is 2.11 bits per heavy atom. The summed E-state index contributed by atoms with van der Waals surface area (Å²) in [7, 11) is -8.05. The van der Waals surface area contributed by atoms with E-state index in [1.807, 2.05) is 0 Å². The summed E-state index contributed by atoms with van der Waals surface area (Å²) in [5.74, 6) is -1.48. The minimum Gasteiger partial charge on any atom is -0.465 e. The average molecular weight is 522 g/mol. The number of hydrogen-bond acceptors (Lipinski definition) is 8.